The van der Waals surface area contributed by atoms with Gasteiger partial charge in [-0.25, -0.2) is 0 Å². The molecule has 20 heavy (non-hydrogen) atoms. The Labute approximate surface area is 117 Å². The van der Waals surface area contributed by atoms with Crippen LogP contribution in [0.25, 0.3) is 0 Å². The van der Waals surface area contributed by atoms with Gasteiger partial charge in [0.1, 0.15) is 0 Å². The molecule has 7 heteroatoms. The highest BCUT2D eigenvalue weighted by Gasteiger charge is 2.48. The van der Waals surface area contributed by atoms with Gasteiger partial charge in [-0.1, -0.05) is 19.9 Å². The number of anilines is 3. The molecule has 1 saturated heterocycles. The van der Waals surface area contributed by atoms with Crippen LogP contribution >= 0.6 is 0 Å². The van der Waals surface area contributed by atoms with Gasteiger partial charge in [-0.05, 0) is 11.6 Å². The normalized spacial score (nSPS) is 20.5. The Balaban J connectivity index is 1.98. The fourth-order valence-electron chi connectivity index (χ4n) is 2.81. The van der Waals surface area contributed by atoms with Crippen LogP contribution in [0, 0.1) is 5.41 Å². The first kappa shape index (κ1) is 12.6. The Kier molecular flexibility index (Phi) is 2.70. The molecule has 7 nitrogen and oxygen atoms in total. The van der Waals surface area contributed by atoms with E-state index in [1.807, 2.05) is 12.3 Å². The van der Waals surface area contributed by atoms with Crippen LogP contribution < -0.4 is 16.4 Å². The number of rotatable bonds is 2. The number of pyridine rings is 1. The van der Waals surface area contributed by atoms with E-state index in [9.17, 15) is 0 Å². The van der Waals surface area contributed by atoms with Crippen molar-refractivity contribution in [1.82, 2.24) is 19.9 Å². The van der Waals surface area contributed by atoms with Crippen LogP contribution in [0.4, 0.5) is 17.8 Å². The minimum Gasteiger partial charge on any atom is -0.368 e. The third-order valence-electron chi connectivity index (χ3n) is 3.54. The molecule has 1 atom stereocenters. The predicted molar refractivity (Wildman–Crippen MR) is 76.8 cm³/mol. The van der Waals surface area contributed by atoms with Gasteiger partial charge in [0.2, 0.25) is 17.8 Å². The predicted octanol–water partition coefficient (Wildman–Crippen LogP) is 1.02. The number of nitrogen functional groups attached to an aromatic ring is 2. The maximum atomic E-state index is 5.65. The highest BCUT2D eigenvalue weighted by molar-refractivity contribution is 5.47. The van der Waals surface area contributed by atoms with Gasteiger partial charge >= 0.3 is 0 Å². The second kappa shape index (κ2) is 4.29. The van der Waals surface area contributed by atoms with Crippen molar-refractivity contribution in [3.05, 3.63) is 30.1 Å². The number of hydrogen-bond acceptors (Lipinski definition) is 7. The summed E-state index contributed by atoms with van der Waals surface area (Å²) < 4.78 is 0. The number of hydrogen-bond donors (Lipinski definition) is 2. The Bertz CT molecular complexity index is 606. The lowest BCUT2D eigenvalue weighted by atomic mass is 9.72. The fraction of sp³-hybridized carbons (Fsp3) is 0.385. The van der Waals surface area contributed by atoms with Gasteiger partial charge in [-0.3, -0.25) is 4.98 Å². The second-order valence-electron chi connectivity index (χ2n) is 5.66. The molecule has 0 aromatic carbocycles. The van der Waals surface area contributed by atoms with E-state index in [1.165, 1.54) is 0 Å². The van der Waals surface area contributed by atoms with E-state index in [0.717, 1.165) is 12.1 Å². The molecule has 0 bridgehead atoms. The molecule has 104 valence electrons. The van der Waals surface area contributed by atoms with Crippen LogP contribution in [0.15, 0.2) is 24.5 Å². The van der Waals surface area contributed by atoms with E-state index in [2.05, 4.69) is 44.7 Å². The summed E-state index contributed by atoms with van der Waals surface area (Å²) in [7, 11) is 0. The molecule has 1 unspecified atom stereocenters. The highest BCUT2D eigenvalue weighted by Crippen LogP contribution is 2.49. The lowest BCUT2D eigenvalue weighted by Gasteiger charge is -2.54. The summed E-state index contributed by atoms with van der Waals surface area (Å²) in [5.74, 6) is 0.799. The molecule has 1 aliphatic heterocycles. The molecule has 0 saturated carbocycles. The van der Waals surface area contributed by atoms with Crippen molar-refractivity contribution in [3.8, 4) is 0 Å². The number of nitrogens with two attached hydrogens (primary N) is 2. The first-order chi connectivity index (χ1) is 9.47. The first-order valence-corrected chi connectivity index (χ1v) is 6.41. The Hall–Kier alpha value is -2.44. The summed E-state index contributed by atoms with van der Waals surface area (Å²) in [6.45, 7) is 5.24. The Morgan fingerprint density at radius 2 is 1.90 bits per heavy atom. The van der Waals surface area contributed by atoms with Crippen molar-refractivity contribution in [2.75, 3.05) is 22.9 Å². The fourth-order valence-corrected chi connectivity index (χ4v) is 2.81. The van der Waals surface area contributed by atoms with Gasteiger partial charge in [-0.15, -0.1) is 0 Å². The minimum absolute atomic E-state index is 0.110. The van der Waals surface area contributed by atoms with Crippen molar-refractivity contribution in [2.45, 2.75) is 19.9 Å². The lowest BCUT2D eigenvalue weighted by molar-refractivity contribution is 0.176. The molecule has 3 heterocycles. The van der Waals surface area contributed by atoms with Gasteiger partial charge in [-0.2, -0.15) is 15.0 Å². The van der Waals surface area contributed by atoms with Crippen LogP contribution in [0.2, 0.25) is 0 Å². The molecule has 1 fully saturated rings. The molecule has 0 aliphatic carbocycles. The van der Waals surface area contributed by atoms with E-state index in [0.29, 0.717) is 5.95 Å². The van der Waals surface area contributed by atoms with Crippen molar-refractivity contribution < 1.29 is 0 Å². The average Bonchev–Trinajstić information content (AvgIpc) is 2.36. The lowest BCUT2D eigenvalue weighted by Crippen LogP contribution is -2.56. The SMILES string of the molecule is CC1(C)CN(c2nc(N)nc(N)n2)C1c1cccnc1. The molecule has 2 aromatic heterocycles. The monoisotopic (exact) mass is 271 g/mol. The van der Waals surface area contributed by atoms with Crippen molar-refractivity contribution >= 4 is 17.8 Å². The largest absolute Gasteiger partial charge is 0.368 e. The summed E-state index contributed by atoms with van der Waals surface area (Å²) in [6.07, 6.45) is 3.63. The Morgan fingerprint density at radius 3 is 2.45 bits per heavy atom. The van der Waals surface area contributed by atoms with E-state index in [4.69, 9.17) is 11.5 Å². The third-order valence-corrected chi connectivity index (χ3v) is 3.54. The summed E-state index contributed by atoms with van der Waals surface area (Å²) in [4.78, 5) is 18.4. The summed E-state index contributed by atoms with van der Waals surface area (Å²) in [5.41, 5.74) is 12.5. The average molecular weight is 271 g/mol. The molecule has 3 rings (SSSR count). The molecule has 1 aliphatic rings. The zero-order valence-electron chi connectivity index (χ0n) is 11.5. The summed E-state index contributed by atoms with van der Waals surface area (Å²) in [5, 5.41) is 0. The maximum absolute atomic E-state index is 5.65. The van der Waals surface area contributed by atoms with E-state index >= 15 is 0 Å². The van der Waals surface area contributed by atoms with E-state index in [1.54, 1.807) is 6.20 Å². The third kappa shape index (κ3) is 2.01. The molecule has 4 N–H and O–H groups in total. The Morgan fingerprint density at radius 1 is 1.20 bits per heavy atom. The molecular weight excluding hydrogens is 254 g/mol. The van der Waals surface area contributed by atoms with E-state index < -0.39 is 0 Å². The molecule has 0 amide bonds. The topological polar surface area (TPSA) is 107 Å². The van der Waals surface area contributed by atoms with Crippen LogP contribution in [-0.4, -0.2) is 26.5 Å². The van der Waals surface area contributed by atoms with Crippen molar-refractivity contribution in [1.29, 1.82) is 0 Å². The van der Waals surface area contributed by atoms with Crippen LogP contribution in [0.5, 0.6) is 0 Å². The van der Waals surface area contributed by atoms with E-state index in [-0.39, 0.29) is 23.4 Å². The van der Waals surface area contributed by atoms with Crippen LogP contribution in [-0.2, 0) is 0 Å². The minimum atomic E-state index is 0.110. The number of aromatic nitrogens is 4. The van der Waals surface area contributed by atoms with Gasteiger partial charge in [0.25, 0.3) is 0 Å². The summed E-state index contributed by atoms with van der Waals surface area (Å²) in [6, 6.07) is 4.13. The molecule has 2 aromatic rings. The van der Waals surface area contributed by atoms with Gasteiger partial charge in [0.15, 0.2) is 0 Å². The van der Waals surface area contributed by atoms with Crippen LogP contribution in [0.3, 0.4) is 0 Å². The second-order valence-corrected chi connectivity index (χ2v) is 5.66. The van der Waals surface area contributed by atoms with Gasteiger partial charge in [0.05, 0.1) is 6.04 Å². The smallest absolute Gasteiger partial charge is 0.232 e. The first-order valence-electron chi connectivity index (χ1n) is 6.41. The molecule has 0 spiro atoms. The van der Waals surface area contributed by atoms with Gasteiger partial charge < -0.3 is 16.4 Å². The highest BCUT2D eigenvalue weighted by atomic mass is 15.4. The molecule has 0 radical (unpaired) electrons. The van der Waals surface area contributed by atoms with Crippen molar-refractivity contribution in [3.63, 3.8) is 0 Å². The maximum Gasteiger partial charge on any atom is 0.232 e. The standard InChI is InChI=1S/C13H17N7/c1-13(2)7-20(9(13)8-4-3-5-16-6-8)12-18-10(14)17-11(15)19-12/h3-6,9H,7H2,1-2H3,(H4,14,15,17,18,19). The zero-order chi connectivity index (χ0) is 14.3. The number of nitrogens with zero attached hydrogens (tertiary/aromatic N) is 5. The summed E-state index contributed by atoms with van der Waals surface area (Å²) >= 11 is 0. The van der Waals surface area contributed by atoms with Gasteiger partial charge in [0, 0.05) is 24.4 Å². The quantitative estimate of drug-likeness (QED) is 0.839. The zero-order valence-corrected chi connectivity index (χ0v) is 11.5. The van der Waals surface area contributed by atoms with Crippen LogP contribution in [0.1, 0.15) is 25.5 Å². The molecular formula is C13H17N7. The van der Waals surface area contributed by atoms with Crippen molar-refractivity contribution in [2.24, 2.45) is 5.41 Å².